The normalized spacial score (nSPS) is 12.9. The summed E-state index contributed by atoms with van der Waals surface area (Å²) in [6.45, 7) is 2.30. The minimum absolute atomic E-state index is 0.137. The predicted octanol–water partition coefficient (Wildman–Crippen LogP) is 1.18. The van der Waals surface area contributed by atoms with Crippen LogP contribution in [0.3, 0.4) is 0 Å². The summed E-state index contributed by atoms with van der Waals surface area (Å²) in [4.78, 5) is 13.4. The molecule has 1 amide bonds. The van der Waals surface area contributed by atoms with Gasteiger partial charge < -0.3 is 10.6 Å². The van der Waals surface area contributed by atoms with Gasteiger partial charge in [0.05, 0.1) is 4.90 Å². The molecule has 0 saturated heterocycles. The molecule has 0 aromatic heterocycles. The fourth-order valence-electron chi connectivity index (χ4n) is 2.00. The lowest BCUT2D eigenvalue weighted by molar-refractivity contribution is 0.0827. The summed E-state index contributed by atoms with van der Waals surface area (Å²) < 4.78 is 27.3. The zero-order valence-corrected chi connectivity index (χ0v) is 14.2. The van der Waals surface area contributed by atoms with Crippen LogP contribution in [-0.2, 0) is 10.0 Å². The van der Waals surface area contributed by atoms with Gasteiger partial charge in [-0.05, 0) is 30.7 Å². The topological polar surface area (TPSA) is 92.5 Å². The number of amides is 1. The quantitative estimate of drug-likeness (QED) is 0.750. The van der Waals surface area contributed by atoms with E-state index >= 15 is 0 Å². The molecule has 0 heterocycles. The number of nitrogens with two attached hydrogens (primary N) is 1. The van der Waals surface area contributed by atoms with Crippen molar-refractivity contribution in [2.45, 2.75) is 37.1 Å². The summed E-state index contributed by atoms with van der Waals surface area (Å²) in [5.41, 5.74) is 6.07. The zero-order chi connectivity index (χ0) is 16.8. The molecule has 22 heavy (non-hydrogen) atoms. The number of unbranched alkanes of at least 4 members (excludes halogenated alkanes) is 1. The van der Waals surface area contributed by atoms with Gasteiger partial charge >= 0.3 is 0 Å². The van der Waals surface area contributed by atoms with Crippen LogP contribution in [0.25, 0.3) is 0 Å². The number of carbonyl (C=O) groups is 1. The first kappa shape index (κ1) is 18.6. The van der Waals surface area contributed by atoms with Crippen molar-refractivity contribution < 1.29 is 13.2 Å². The van der Waals surface area contributed by atoms with Gasteiger partial charge in [0.15, 0.2) is 0 Å². The molecule has 0 aliphatic heterocycles. The van der Waals surface area contributed by atoms with Crippen molar-refractivity contribution in [3.63, 3.8) is 0 Å². The zero-order valence-electron chi connectivity index (χ0n) is 13.4. The van der Waals surface area contributed by atoms with E-state index in [4.69, 9.17) is 5.73 Å². The third-order valence-corrected chi connectivity index (χ3v) is 4.87. The highest BCUT2D eigenvalue weighted by Crippen LogP contribution is 2.13. The number of hydrogen-bond donors (Lipinski definition) is 2. The third-order valence-electron chi connectivity index (χ3n) is 3.33. The van der Waals surface area contributed by atoms with Crippen LogP contribution in [0.4, 0.5) is 0 Å². The van der Waals surface area contributed by atoms with Crippen LogP contribution in [0.5, 0.6) is 0 Å². The molecule has 0 bridgehead atoms. The lowest BCUT2D eigenvalue weighted by atomic mass is 10.1. The molecule has 0 spiro atoms. The fourth-order valence-corrected chi connectivity index (χ4v) is 3.28. The van der Waals surface area contributed by atoms with Crippen LogP contribution in [-0.4, -0.2) is 45.9 Å². The highest BCUT2D eigenvalue weighted by molar-refractivity contribution is 7.89. The van der Waals surface area contributed by atoms with E-state index in [9.17, 15) is 13.2 Å². The first-order valence-corrected chi connectivity index (χ1v) is 8.84. The Morgan fingerprint density at radius 3 is 2.32 bits per heavy atom. The van der Waals surface area contributed by atoms with E-state index in [1.54, 1.807) is 14.1 Å². The van der Waals surface area contributed by atoms with Crippen LogP contribution in [0.2, 0.25) is 0 Å². The van der Waals surface area contributed by atoms with Gasteiger partial charge in [0.2, 0.25) is 10.0 Å². The third kappa shape index (κ3) is 5.08. The van der Waals surface area contributed by atoms with Crippen molar-refractivity contribution >= 4 is 15.9 Å². The first-order chi connectivity index (χ1) is 10.3. The molecule has 7 heteroatoms. The Kier molecular flexibility index (Phi) is 6.99. The molecule has 0 radical (unpaired) electrons. The molecule has 1 atom stereocenters. The van der Waals surface area contributed by atoms with E-state index in [1.807, 2.05) is 6.92 Å². The highest BCUT2D eigenvalue weighted by atomic mass is 32.2. The smallest absolute Gasteiger partial charge is 0.253 e. The molecule has 1 aromatic carbocycles. The summed E-state index contributed by atoms with van der Waals surface area (Å²) >= 11 is 0. The maximum absolute atomic E-state index is 12.3. The molecule has 0 saturated carbocycles. The number of nitrogens with zero attached hydrogens (tertiary/aromatic N) is 1. The first-order valence-electron chi connectivity index (χ1n) is 7.36. The monoisotopic (exact) mass is 327 g/mol. The molecule has 0 aliphatic carbocycles. The summed E-state index contributed by atoms with van der Waals surface area (Å²) in [7, 11) is -0.326. The highest BCUT2D eigenvalue weighted by Gasteiger charge is 2.19. The van der Waals surface area contributed by atoms with Gasteiger partial charge in [0.1, 0.15) is 0 Å². The average Bonchev–Trinajstić information content (AvgIpc) is 2.50. The number of benzene rings is 1. The second kappa shape index (κ2) is 8.26. The van der Waals surface area contributed by atoms with Crippen molar-refractivity contribution in [1.82, 2.24) is 9.62 Å². The fraction of sp³-hybridized carbons (Fsp3) is 0.533. The van der Waals surface area contributed by atoms with Crippen molar-refractivity contribution in [2.75, 3.05) is 20.6 Å². The SMILES string of the molecule is CCCCC(CN)NS(=O)(=O)c1ccc(C(=O)N(C)C)cc1. The summed E-state index contributed by atoms with van der Waals surface area (Å²) in [6, 6.07) is 5.63. The molecular weight excluding hydrogens is 302 g/mol. The number of nitrogens with one attached hydrogen (secondary N) is 1. The number of rotatable bonds is 8. The van der Waals surface area contributed by atoms with Gasteiger partial charge in [0.25, 0.3) is 5.91 Å². The molecular formula is C15H25N3O3S. The maximum atomic E-state index is 12.3. The van der Waals surface area contributed by atoms with Gasteiger partial charge in [-0.3, -0.25) is 4.79 Å². The standard InChI is InChI=1S/C15H25N3O3S/c1-4-5-6-13(11-16)17-22(20,21)14-9-7-12(8-10-14)15(19)18(2)3/h7-10,13,17H,4-6,11,16H2,1-3H3. The van der Waals surface area contributed by atoms with E-state index < -0.39 is 10.0 Å². The Labute approximate surface area is 132 Å². The van der Waals surface area contributed by atoms with Crippen LogP contribution in [0.15, 0.2) is 29.2 Å². The predicted molar refractivity (Wildman–Crippen MR) is 87.1 cm³/mol. The molecule has 0 aliphatic rings. The Morgan fingerprint density at radius 2 is 1.86 bits per heavy atom. The minimum atomic E-state index is -3.62. The lowest BCUT2D eigenvalue weighted by Gasteiger charge is -2.17. The lowest BCUT2D eigenvalue weighted by Crippen LogP contribution is -2.40. The van der Waals surface area contributed by atoms with Gasteiger partial charge in [-0.1, -0.05) is 19.8 Å². The molecule has 6 nitrogen and oxygen atoms in total. The van der Waals surface area contributed by atoms with Crippen LogP contribution >= 0.6 is 0 Å². The van der Waals surface area contributed by atoms with E-state index in [2.05, 4.69) is 4.72 Å². The number of sulfonamides is 1. The van der Waals surface area contributed by atoms with E-state index in [0.717, 1.165) is 12.8 Å². The van der Waals surface area contributed by atoms with Crippen molar-refractivity contribution in [2.24, 2.45) is 5.73 Å². The largest absolute Gasteiger partial charge is 0.345 e. The number of carbonyl (C=O) groups excluding carboxylic acids is 1. The Hall–Kier alpha value is -1.44. The van der Waals surface area contributed by atoms with Crippen LogP contribution < -0.4 is 10.5 Å². The molecule has 3 N–H and O–H groups in total. The minimum Gasteiger partial charge on any atom is -0.345 e. The maximum Gasteiger partial charge on any atom is 0.253 e. The molecule has 1 unspecified atom stereocenters. The second-order valence-electron chi connectivity index (χ2n) is 5.42. The van der Waals surface area contributed by atoms with Crippen molar-refractivity contribution in [3.05, 3.63) is 29.8 Å². The van der Waals surface area contributed by atoms with Crippen molar-refractivity contribution in [3.8, 4) is 0 Å². The molecule has 124 valence electrons. The van der Waals surface area contributed by atoms with E-state index in [-0.39, 0.29) is 23.4 Å². The second-order valence-corrected chi connectivity index (χ2v) is 7.13. The van der Waals surface area contributed by atoms with Gasteiger partial charge in [-0.25, -0.2) is 13.1 Å². The molecule has 1 aromatic rings. The van der Waals surface area contributed by atoms with Crippen molar-refractivity contribution in [1.29, 1.82) is 0 Å². The van der Waals surface area contributed by atoms with E-state index in [1.165, 1.54) is 29.2 Å². The Morgan fingerprint density at radius 1 is 1.27 bits per heavy atom. The van der Waals surface area contributed by atoms with Crippen LogP contribution in [0, 0.1) is 0 Å². The van der Waals surface area contributed by atoms with Gasteiger partial charge in [0, 0.05) is 32.2 Å². The Balaban J connectivity index is 2.87. The average molecular weight is 327 g/mol. The Bertz CT molecular complexity index is 583. The van der Waals surface area contributed by atoms with E-state index in [0.29, 0.717) is 12.0 Å². The number of hydrogen-bond acceptors (Lipinski definition) is 4. The summed E-state index contributed by atoms with van der Waals surface area (Å²) in [5.74, 6) is -0.167. The molecule has 0 fully saturated rings. The molecule has 1 rings (SSSR count). The summed E-state index contributed by atoms with van der Waals surface area (Å²) in [5, 5.41) is 0. The van der Waals surface area contributed by atoms with Crippen LogP contribution in [0.1, 0.15) is 36.5 Å². The van der Waals surface area contributed by atoms with Gasteiger partial charge in [-0.15, -0.1) is 0 Å². The summed E-state index contributed by atoms with van der Waals surface area (Å²) in [6.07, 6.45) is 2.61. The van der Waals surface area contributed by atoms with Gasteiger partial charge in [-0.2, -0.15) is 0 Å².